The Labute approximate surface area is 133 Å². The first-order valence-corrected chi connectivity index (χ1v) is 9.11. The van der Waals surface area contributed by atoms with Gasteiger partial charge in [-0.3, -0.25) is 4.90 Å². The lowest BCUT2D eigenvalue weighted by molar-refractivity contribution is -0.915. The molecule has 0 spiro atoms. The van der Waals surface area contributed by atoms with Gasteiger partial charge in [0.15, 0.2) is 0 Å². The summed E-state index contributed by atoms with van der Waals surface area (Å²) in [5.74, 6) is 0. The predicted octanol–water partition coefficient (Wildman–Crippen LogP) is 3.26. The molecule has 126 valence electrons. The van der Waals surface area contributed by atoms with Gasteiger partial charge in [-0.2, -0.15) is 0 Å². The van der Waals surface area contributed by atoms with Gasteiger partial charge >= 0.3 is 0 Å². The van der Waals surface area contributed by atoms with Crippen LogP contribution in [-0.2, 0) is 0 Å². The third kappa shape index (κ3) is 6.25. The van der Waals surface area contributed by atoms with Crippen molar-refractivity contribution in [2.75, 3.05) is 60.0 Å². The van der Waals surface area contributed by atoms with Gasteiger partial charge < -0.3 is 9.38 Å². The molecule has 0 amide bonds. The van der Waals surface area contributed by atoms with Gasteiger partial charge in [-0.15, -0.1) is 0 Å². The maximum Gasteiger partial charge on any atom is 0.134 e. The molecular formula is C18H40N3+. The van der Waals surface area contributed by atoms with E-state index in [0.29, 0.717) is 5.41 Å². The molecule has 0 bridgehead atoms. The van der Waals surface area contributed by atoms with E-state index in [4.69, 9.17) is 0 Å². The van der Waals surface area contributed by atoms with Gasteiger partial charge in [-0.25, -0.2) is 0 Å². The van der Waals surface area contributed by atoms with Gasteiger partial charge in [-0.1, -0.05) is 13.8 Å². The molecule has 1 aliphatic rings. The van der Waals surface area contributed by atoms with Crippen LogP contribution in [0.1, 0.15) is 53.4 Å². The number of quaternary nitrogens is 1. The van der Waals surface area contributed by atoms with Crippen molar-refractivity contribution >= 4 is 0 Å². The first-order chi connectivity index (χ1) is 9.86. The molecule has 1 unspecified atom stereocenters. The quantitative estimate of drug-likeness (QED) is 0.501. The summed E-state index contributed by atoms with van der Waals surface area (Å²) < 4.78 is 1.17. The van der Waals surface area contributed by atoms with Crippen molar-refractivity contribution in [3.05, 3.63) is 0 Å². The number of hydrogen-bond donors (Lipinski definition) is 0. The van der Waals surface area contributed by atoms with Crippen molar-refractivity contribution in [3.8, 4) is 0 Å². The Hall–Kier alpha value is -0.120. The smallest absolute Gasteiger partial charge is 0.134 e. The molecule has 1 atom stereocenters. The van der Waals surface area contributed by atoms with E-state index in [1.807, 2.05) is 0 Å². The first kappa shape index (κ1) is 18.9. The van der Waals surface area contributed by atoms with Crippen LogP contribution in [-0.4, -0.2) is 74.3 Å². The molecule has 0 aliphatic carbocycles. The van der Waals surface area contributed by atoms with Gasteiger partial charge in [-0.05, 0) is 65.1 Å². The molecule has 1 aliphatic heterocycles. The van der Waals surface area contributed by atoms with Gasteiger partial charge in [0.25, 0.3) is 0 Å². The van der Waals surface area contributed by atoms with Gasteiger partial charge in [0.1, 0.15) is 6.67 Å². The summed E-state index contributed by atoms with van der Waals surface area (Å²) in [6, 6.07) is 0. The summed E-state index contributed by atoms with van der Waals surface area (Å²) in [5.41, 5.74) is 0.556. The molecule has 0 saturated carbocycles. The molecule has 21 heavy (non-hydrogen) atoms. The fraction of sp³-hybridized carbons (Fsp3) is 1.00. The van der Waals surface area contributed by atoms with Crippen LogP contribution in [0.4, 0.5) is 0 Å². The fourth-order valence-electron chi connectivity index (χ4n) is 3.39. The maximum absolute atomic E-state index is 2.67. The van der Waals surface area contributed by atoms with E-state index in [2.05, 4.69) is 51.6 Å². The van der Waals surface area contributed by atoms with Crippen LogP contribution in [0.3, 0.4) is 0 Å². The van der Waals surface area contributed by atoms with Crippen molar-refractivity contribution in [3.63, 3.8) is 0 Å². The zero-order chi connectivity index (χ0) is 15.9. The second kappa shape index (κ2) is 8.50. The topological polar surface area (TPSA) is 6.48 Å². The van der Waals surface area contributed by atoms with Crippen molar-refractivity contribution in [1.82, 2.24) is 9.80 Å². The lowest BCUT2D eigenvalue weighted by atomic mass is 9.79. The minimum Gasteiger partial charge on any atom is -0.314 e. The van der Waals surface area contributed by atoms with E-state index in [1.54, 1.807) is 0 Å². The van der Waals surface area contributed by atoms with Gasteiger partial charge in [0.2, 0.25) is 0 Å². The molecule has 1 fully saturated rings. The second-order valence-electron chi connectivity index (χ2n) is 7.82. The van der Waals surface area contributed by atoms with Crippen LogP contribution < -0.4 is 0 Å². The van der Waals surface area contributed by atoms with Crippen molar-refractivity contribution in [2.45, 2.75) is 53.4 Å². The third-order valence-corrected chi connectivity index (χ3v) is 5.96. The number of hydrogen-bond acceptors (Lipinski definition) is 2. The Morgan fingerprint density at radius 3 is 2.33 bits per heavy atom. The Morgan fingerprint density at radius 1 is 1.10 bits per heavy atom. The molecule has 1 rings (SSSR count). The van der Waals surface area contributed by atoms with E-state index in [1.165, 1.54) is 76.1 Å². The summed E-state index contributed by atoms with van der Waals surface area (Å²) in [6.45, 7) is 18.2. The van der Waals surface area contributed by atoms with Crippen LogP contribution in [0.2, 0.25) is 0 Å². The molecule has 1 heterocycles. The average molecular weight is 299 g/mol. The van der Waals surface area contributed by atoms with E-state index in [0.717, 1.165) is 0 Å². The molecule has 0 radical (unpaired) electrons. The molecule has 0 aromatic rings. The van der Waals surface area contributed by atoms with Crippen molar-refractivity contribution in [1.29, 1.82) is 0 Å². The lowest BCUT2D eigenvalue weighted by Gasteiger charge is -2.38. The van der Waals surface area contributed by atoms with Crippen molar-refractivity contribution < 1.29 is 4.48 Å². The molecule has 0 aromatic heterocycles. The van der Waals surface area contributed by atoms with Crippen LogP contribution in [0.5, 0.6) is 0 Å². The van der Waals surface area contributed by atoms with Crippen LogP contribution in [0, 0.1) is 5.41 Å². The monoisotopic (exact) mass is 298 g/mol. The summed E-state index contributed by atoms with van der Waals surface area (Å²) in [4.78, 5) is 5.18. The van der Waals surface area contributed by atoms with E-state index in [-0.39, 0.29) is 0 Å². The largest absolute Gasteiger partial charge is 0.314 e. The number of rotatable bonds is 8. The third-order valence-electron chi connectivity index (χ3n) is 5.96. The highest BCUT2D eigenvalue weighted by molar-refractivity contribution is 4.80. The van der Waals surface area contributed by atoms with Gasteiger partial charge in [0, 0.05) is 13.1 Å². The minimum absolute atomic E-state index is 0.556. The molecule has 0 N–H and O–H groups in total. The van der Waals surface area contributed by atoms with E-state index >= 15 is 0 Å². The second-order valence-corrected chi connectivity index (χ2v) is 7.82. The lowest BCUT2D eigenvalue weighted by Crippen LogP contribution is -2.51. The Bertz CT molecular complexity index is 288. The fourth-order valence-corrected chi connectivity index (χ4v) is 3.39. The van der Waals surface area contributed by atoms with Crippen LogP contribution >= 0.6 is 0 Å². The summed E-state index contributed by atoms with van der Waals surface area (Å²) in [7, 11) is 4.67. The summed E-state index contributed by atoms with van der Waals surface area (Å²) in [5, 5.41) is 0. The van der Waals surface area contributed by atoms with Crippen LogP contribution in [0.15, 0.2) is 0 Å². The number of likely N-dealkylation sites (tertiary alicyclic amines) is 1. The molecule has 3 heteroatoms. The number of nitrogens with zero attached hydrogens (tertiary/aromatic N) is 3. The molecule has 0 aromatic carbocycles. The van der Waals surface area contributed by atoms with Gasteiger partial charge in [0.05, 0.1) is 20.1 Å². The highest BCUT2D eigenvalue weighted by Crippen LogP contribution is 2.34. The van der Waals surface area contributed by atoms with Crippen molar-refractivity contribution in [2.24, 2.45) is 5.41 Å². The normalized spacial score (nSPS) is 25.3. The molecule has 3 nitrogen and oxygen atoms in total. The zero-order valence-electron chi connectivity index (χ0n) is 15.6. The van der Waals surface area contributed by atoms with E-state index in [9.17, 15) is 0 Å². The summed E-state index contributed by atoms with van der Waals surface area (Å²) in [6.07, 6.45) is 5.51. The van der Waals surface area contributed by atoms with Crippen LogP contribution in [0.25, 0.3) is 0 Å². The molecule has 1 saturated heterocycles. The average Bonchev–Trinajstić information content (AvgIpc) is 2.65. The highest BCUT2D eigenvalue weighted by atomic mass is 15.4. The summed E-state index contributed by atoms with van der Waals surface area (Å²) >= 11 is 0. The Morgan fingerprint density at radius 2 is 1.76 bits per heavy atom. The molecular weight excluding hydrogens is 258 g/mol. The highest BCUT2D eigenvalue weighted by Gasteiger charge is 2.28. The standard InChI is InChI=1S/C18H40N3/c1-7-20(17-21(6,8-2)9-3)16-13-18(4)11-10-14-19(5)15-12-18/h7-17H2,1-6H3/q+1. The van der Waals surface area contributed by atoms with E-state index < -0.39 is 0 Å². The SMILES string of the molecule is CCN(CCC1(C)CCCN(C)CC1)C[N+](C)(CC)CC. The maximum atomic E-state index is 2.67. The Kier molecular flexibility index (Phi) is 7.66. The Balaban J connectivity index is 2.50. The predicted molar refractivity (Wildman–Crippen MR) is 93.5 cm³/mol. The first-order valence-electron chi connectivity index (χ1n) is 9.11. The minimum atomic E-state index is 0.556. The zero-order valence-corrected chi connectivity index (χ0v) is 15.6.